The van der Waals surface area contributed by atoms with E-state index in [1.165, 1.54) is 6.07 Å². The van der Waals surface area contributed by atoms with Crippen LogP contribution in [-0.2, 0) is 11.0 Å². The predicted octanol–water partition coefficient (Wildman–Crippen LogP) is 4.45. The van der Waals surface area contributed by atoms with Crippen LogP contribution in [0.15, 0.2) is 35.7 Å². The zero-order valence-corrected chi connectivity index (χ0v) is 18.3. The Labute approximate surface area is 187 Å². The van der Waals surface area contributed by atoms with E-state index in [9.17, 15) is 22.8 Å². The first-order valence-electron chi connectivity index (χ1n) is 9.61. The van der Waals surface area contributed by atoms with Crippen LogP contribution in [0.3, 0.4) is 0 Å². The SMILES string of the molecule is C[C@H](NC(=O)N1CCN(CC(=O)Nc2ccc(Cl)c(C(F)(F)F)c2)CC1)c1cccs1. The highest BCUT2D eigenvalue weighted by atomic mass is 35.5. The van der Waals surface area contributed by atoms with Gasteiger partial charge in [0, 0.05) is 36.7 Å². The van der Waals surface area contributed by atoms with Crippen molar-refractivity contribution in [1.29, 1.82) is 0 Å². The summed E-state index contributed by atoms with van der Waals surface area (Å²) in [5, 5.41) is 6.96. The van der Waals surface area contributed by atoms with Crippen LogP contribution in [0.5, 0.6) is 0 Å². The first-order valence-corrected chi connectivity index (χ1v) is 10.9. The monoisotopic (exact) mass is 474 g/mol. The van der Waals surface area contributed by atoms with Gasteiger partial charge in [-0.2, -0.15) is 13.2 Å². The number of anilines is 1. The molecule has 0 bridgehead atoms. The van der Waals surface area contributed by atoms with Crippen LogP contribution in [0.1, 0.15) is 23.4 Å². The van der Waals surface area contributed by atoms with E-state index in [0.717, 1.165) is 17.0 Å². The summed E-state index contributed by atoms with van der Waals surface area (Å²) >= 11 is 7.17. The molecule has 1 fully saturated rings. The first kappa shape index (κ1) is 23.4. The van der Waals surface area contributed by atoms with Crippen LogP contribution in [0.25, 0.3) is 0 Å². The van der Waals surface area contributed by atoms with Gasteiger partial charge in [0.1, 0.15) is 0 Å². The van der Waals surface area contributed by atoms with Crippen LogP contribution >= 0.6 is 22.9 Å². The maximum Gasteiger partial charge on any atom is 0.417 e. The molecule has 3 amide bonds. The summed E-state index contributed by atoms with van der Waals surface area (Å²) < 4.78 is 38.9. The van der Waals surface area contributed by atoms with Crippen molar-refractivity contribution in [3.63, 3.8) is 0 Å². The lowest BCUT2D eigenvalue weighted by molar-refractivity contribution is -0.137. The molecule has 2 N–H and O–H groups in total. The van der Waals surface area contributed by atoms with E-state index >= 15 is 0 Å². The molecule has 1 aliphatic heterocycles. The number of amides is 3. The number of carbonyl (C=O) groups is 2. The van der Waals surface area contributed by atoms with E-state index in [0.29, 0.717) is 26.2 Å². The highest BCUT2D eigenvalue weighted by Crippen LogP contribution is 2.36. The average Bonchev–Trinajstić information content (AvgIpc) is 3.24. The maximum absolute atomic E-state index is 13.0. The van der Waals surface area contributed by atoms with Crippen molar-refractivity contribution in [3.8, 4) is 0 Å². The van der Waals surface area contributed by atoms with Crippen LogP contribution < -0.4 is 10.6 Å². The number of nitrogens with zero attached hydrogens (tertiary/aromatic N) is 2. The molecule has 1 saturated heterocycles. The number of benzene rings is 1. The van der Waals surface area contributed by atoms with E-state index in [4.69, 9.17) is 11.6 Å². The zero-order chi connectivity index (χ0) is 22.6. The number of halogens is 4. The second kappa shape index (κ2) is 9.88. The molecule has 0 aliphatic carbocycles. The predicted molar refractivity (Wildman–Crippen MR) is 114 cm³/mol. The molecule has 0 radical (unpaired) electrons. The molecule has 0 spiro atoms. The van der Waals surface area contributed by atoms with E-state index in [2.05, 4.69) is 10.6 Å². The summed E-state index contributed by atoms with van der Waals surface area (Å²) in [5.74, 6) is -0.431. The largest absolute Gasteiger partial charge is 0.417 e. The molecule has 1 aromatic heterocycles. The Hall–Kier alpha value is -2.30. The second-order valence-corrected chi connectivity index (χ2v) is 8.58. The summed E-state index contributed by atoms with van der Waals surface area (Å²) in [6.07, 6.45) is -4.60. The van der Waals surface area contributed by atoms with E-state index < -0.39 is 22.7 Å². The van der Waals surface area contributed by atoms with Gasteiger partial charge in [-0.1, -0.05) is 17.7 Å². The highest BCUT2D eigenvalue weighted by Gasteiger charge is 2.33. The van der Waals surface area contributed by atoms with Gasteiger partial charge in [0.15, 0.2) is 0 Å². The van der Waals surface area contributed by atoms with Gasteiger partial charge in [-0.05, 0) is 36.6 Å². The number of rotatable bonds is 5. The van der Waals surface area contributed by atoms with Gasteiger partial charge in [0.05, 0.1) is 23.2 Å². The van der Waals surface area contributed by atoms with Gasteiger partial charge >= 0.3 is 12.2 Å². The van der Waals surface area contributed by atoms with Crippen LogP contribution in [-0.4, -0.2) is 54.5 Å². The molecule has 1 aliphatic rings. The number of nitrogens with one attached hydrogen (secondary N) is 2. The Kier molecular flexibility index (Phi) is 7.45. The number of piperazine rings is 1. The minimum Gasteiger partial charge on any atom is -0.331 e. The van der Waals surface area contributed by atoms with Crippen molar-refractivity contribution in [3.05, 3.63) is 51.2 Å². The van der Waals surface area contributed by atoms with E-state index in [1.54, 1.807) is 16.2 Å². The summed E-state index contributed by atoms with van der Waals surface area (Å²) in [7, 11) is 0. The van der Waals surface area contributed by atoms with Crippen LogP contribution in [0.4, 0.5) is 23.7 Å². The normalized spacial score (nSPS) is 16.1. The number of hydrogen-bond donors (Lipinski definition) is 2. The smallest absolute Gasteiger partial charge is 0.331 e. The quantitative estimate of drug-likeness (QED) is 0.673. The summed E-state index contributed by atoms with van der Waals surface area (Å²) in [4.78, 5) is 29.3. The Morgan fingerprint density at radius 3 is 2.52 bits per heavy atom. The maximum atomic E-state index is 13.0. The lowest BCUT2D eigenvalue weighted by Crippen LogP contribution is -2.53. The summed E-state index contributed by atoms with van der Waals surface area (Å²) in [6.45, 7) is 3.83. The van der Waals surface area contributed by atoms with Gasteiger partial charge in [-0.15, -0.1) is 11.3 Å². The molecule has 11 heteroatoms. The van der Waals surface area contributed by atoms with Crippen molar-refractivity contribution in [2.24, 2.45) is 0 Å². The van der Waals surface area contributed by atoms with E-state index in [-0.39, 0.29) is 24.3 Å². The molecule has 6 nitrogen and oxygen atoms in total. The van der Waals surface area contributed by atoms with Crippen LogP contribution in [0.2, 0.25) is 5.02 Å². The molecule has 2 aromatic rings. The lowest BCUT2D eigenvalue weighted by Gasteiger charge is -2.34. The fraction of sp³-hybridized carbons (Fsp3) is 0.400. The van der Waals surface area contributed by atoms with Crippen molar-refractivity contribution in [1.82, 2.24) is 15.1 Å². The molecular weight excluding hydrogens is 453 g/mol. The van der Waals surface area contributed by atoms with Gasteiger partial charge in [0.2, 0.25) is 5.91 Å². The second-order valence-electron chi connectivity index (χ2n) is 7.19. The van der Waals surface area contributed by atoms with Gasteiger partial charge in [-0.25, -0.2) is 4.79 Å². The minimum absolute atomic E-state index is 0.0189. The Morgan fingerprint density at radius 2 is 1.90 bits per heavy atom. The highest BCUT2D eigenvalue weighted by molar-refractivity contribution is 7.10. The van der Waals surface area contributed by atoms with Crippen LogP contribution in [0, 0.1) is 0 Å². The molecule has 0 unspecified atom stereocenters. The fourth-order valence-electron chi connectivity index (χ4n) is 3.22. The summed E-state index contributed by atoms with van der Waals surface area (Å²) in [6, 6.07) is 6.90. The topological polar surface area (TPSA) is 64.7 Å². The molecule has 0 saturated carbocycles. The molecular formula is C20H22ClF3N4O2S. The first-order chi connectivity index (χ1) is 14.6. The molecule has 2 heterocycles. The molecule has 3 rings (SSSR count). The fourth-order valence-corrected chi connectivity index (χ4v) is 4.18. The Balaban J connectivity index is 1.46. The third-order valence-electron chi connectivity index (χ3n) is 4.89. The van der Waals surface area contributed by atoms with Crippen molar-refractivity contribution < 1.29 is 22.8 Å². The van der Waals surface area contributed by atoms with Crippen molar-refractivity contribution in [2.75, 3.05) is 38.0 Å². The minimum atomic E-state index is -4.60. The number of carbonyl (C=O) groups excluding carboxylic acids is 2. The summed E-state index contributed by atoms with van der Waals surface area (Å²) in [5.41, 5.74) is -0.967. The molecule has 168 valence electrons. The van der Waals surface area contributed by atoms with Gasteiger partial charge in [-0.3, -0.25) is 9.69 Å². The number of urea groups is 1. The standard InChI is InChI=1S/C20H22ClF3N4O2S/c1-13(17-3-2-10-31-17)25-19(30)28-8-6-27(7-9-28)12-18(29)26-14-4-5-16(21)15(11-14)20(22,23)24/h2-5,10-11,13H,6-9,12H2,1H3,(H,25,30)(H,26,29)/t13-/m0/s1. The average molecular weight is 475 g/mol. The Morgan fingerprint density at radius 1 is 1.19 bits per heavy atom. The zero-order valence-electron chi connectivity index (χ0n) is 16.7. The number of alkyl halides is 3. The molecule has 1 aromatic carbocycles. The lowest BCUT2D eigenvalue weighted by atomic mass is 10.2. The Bertz CT molecular complexity index is 916. The van der Waals surface area contributed by atoms with Crippen molar-refractivity contribution in [2.45, 2.75) is 19.1 Å². The molecule has 1 atom stereocenters. The number of thiophene rings is 1. The van der Waals surface area contributed by atoms with Crippen molar-refractivity contribution >= 4 is 40.6 Å². The number of hydrogen-bond acceptors (Lipinski definition) is 4. The third-order valence-corrected chi connectivity index (χ3v) is 6.28. The van der Waals surface area contributed by atoms with E-state index in [1.807, 2.05) is 29.3 Å². The molecule has 31 heavy (non-hydrogen) atoms. The third kappa shape index (κ3) is 6.34. The van der Waals surface area contributed by atoms with Gasteiger partial charge < -0.3 is 15.5 Å². The van der Waals surface area contributed by atoms with Gasteiger partial charge in [0.25, 0.3) is 0 Å².